The molecule has 19 heavy (non-hydrogen) atoms. The molecule has 0 aliphatic rings. The number of anilines is 1. The van der Waals surface area contributed by atoms with Gasteiger partial charge in [-0.1, -0.05) is 19.4 Å². The molecule has 3 N–H and O–H groups in total. The number of para-hydroxylation sites is 1. The molecule has 0 radical (unpaired) electrons. The Bertz CT molecular complexity index is 503. The lowest BCUT2D eigenvalue weighted by atomic mass is 9.96. The maximum absolute atomic E-state index is 13.6. The van der Waals surface area contributed by atoms with E-state index in [1.165, 1.54) is 13.0 Å². The zero-order valence-electron chi connectivity index (χ0n) is 10.8. The van der Waals surface area contributed by atoms with Crippen molar-refractivity contribution in [3.8, 4) is 0 Å². The number of rotatable bonds is 5. The Morgan fingerprint density at radius 3 is 2.74 bits per heavy atom. The van der Waals surface area contributed by atoms with Crippen LogP contribution in [0.4, 0.5) is 15.8 Å². The first-order chi connectivity index (χ1) is 8.79. The number of hydrogen-bond acceptors (Lipinski definition) is 4. The van der Waals surface area contributed by atoms with Crippen molar-refractivity contribution in [2.24, 2.45) is 5.73 Å². The molecule has 7 heteroatoms. The largest absolute Gasteiger partial charge is 0.318 e. The van der Waals surface area contributed by atoms with Crippen LogP contribution in [0.1, 0.15) is 26.7 Å². The normalized spacial score (nSPS) is 13.7. The number of nitrogens with one attached hydrogen (secondary N) is 1. The van der Waals surface area contributed by atoms with E-state index in [1.807, 2.05) is 6.92 Å². The average Bonchev–Trinajstić information content (AvgIpc) is 2.31. The van der Waals surface area contributed by atoms with Crippen molar-refractivity contribution >= 4 is 17.3 Å². The lowest BCUT2D eigenvalue weighted by Crippen LogP contribution is -2.48. The minimum atomic E-state index is -1.20. The van der Waals surface area contributed by atoms with Crippen molar-refractivity contribution in [1.29, 1.82) is 0 Å². The van der Waals surface area contributed by atoms with Crippen LogP contribution in [-0.4, -0.2) is 16.4 Å². The number of benzene rings is 1. The molecule has 0 aromatic heterocycles. The van der Waals surface area contributed by atoms with Gasteiger partial charge in [0.2, 0.25) is 5.91 Å². The van der Waals surface area contributed by atoms with Crippen LogP contribution in [0.5, 0.6) is 0 Å². The van der Waals surface area contributed by atoms with E-state index in [1.54, 1.807) is 0 Å². The highest BCUT2D eigenvalue weighted by Crippen LogP contribution is 2.27. The maximum atomic E-state index is 13.6. The molecule has 1 unspecified atom stereocenters. The Balaban J connectivity index is 3.06. The minimum Gasteiger partial charge on any atom is -0.318 e. The van der Waals surface area contributed by atoms with E-state index >= 15 is 0 Å². The minimum absolute atomic E-state index is 0.390. The molecule has 0 saturated heterocycles. The molecule has 0 heterocycles. The number of nitrogens with two attached hydrogens (primary N) is 1. The number of carbonyl (C=O) groups excluding carboxylic acids is 1. The van der Waals surface area contributed by atoms with Gasteiger partial charge in [0.05, 0.1) is 10.5 Å². The number of nitro benzene ring substituents is 1. The molecule has 1 aromatic rings. The van der Waals surface area contributed by atoms with Gasteiger partial charge in [0.1, 0.15) is 0 Å². The highest BCUT2D eigenvalue weighted by atomic mass is 19.1. The zero-order valence-corrected chi connectivity index (χ0v) is 10.8. The second kappa shape index (κ2) is 5.75. The van der Waals surface area contributed by atoms with Crippen molar-refractivity contribution in [3.05, 3.63) is 34.1 Å². The van der Waals surface area contributed by atoms with Gasteiger partial charge >= 0.3 is 0 Å². The van der Waals surface area contributed by atoms with Gasteiger partial charge in [-0.3, -0.25) is 14.9 Å². The molecule has 1 amide bonds. The lowest BCUT2D eigenvalue weighted by Gasteiger charge is -2.22. The first kappa shape index (κ1) is 15.0. The van der Waals surface area contributed by atoms with Gasteiger partial charge in [0, 0.05) is 6.07 Å². The topological polar surface area (TPSA) is 98.3 Å². The predicted molar refractivity (Wildman–Crippen MR) is 69.2 cm³/mol. The van der Waals surface area contributed by atoms with Gasteiger partial charge in [0.15, 0.2) is 11.5 Å². The van der Waals surface area contributed by atoms with Gasteiger partial charge in [-0.25, -0.2) is 4.39 Å². The molecule has 0 saturated carbocycles. The molecule has 0 aliphatic carbocycles. The van der Waals surface area contributed by atoms with Crippen molar-refractivity contribution in [3.63, 3.8) is 0 Å². The van der Waals surface area contributed by atoms with E-state index in [9.17, 15) is 19.3 Å². The van der Waals surface area contributed by atoms with Crippen LogP contribution in [0.3, 0.4) is 0 Å². The summed E-state index contributed by atoms with van der Waals surface area (Å²) >= 11 is 0. The van der Waals surface area contributed by atoms with Crippen molar-refractivity contribution in [2.75, 3.05) is 5.32 Å². The standard InChI is InChI=1S/C12H16FN3O3/c1-3-7-12(2,14)11(17)15-10-8(13)5-4-6-9(10)16(18)19/h4-6H,3,7,14H2,1-2H3,(H,15,17). The number of nitro groups is 1. The van der Waals surface area contributed by atoms with Crippen molar-refractivity contribution in [1.82, 2.24) is 0 Å². The van der Waals surface area contributed by atoms with Gasteiger partial charge < -0.3 is 11.1 Å². The fourth-order valence-corrected chi connectivity index (χ4v) is 1.68. The molecule has 1 aromatic carbocycles. The van der Waals surface area contributed by atoms with Crippen LogP contribution in [0.25, 0.3) is 0 Å². The Morgan fingerprint density at radius 1 is 1.58 bits per heavy atom. The van der Waals surface area contributed by atoms with Crippen LogP contribution in [-0.2, 0) is 4.79 Å². The number of hydrogen-bond donors (Lipinski definition) is 2. The Hall–Kier alpha value is -2.02. The molecule has 104 valence electrons. The van der Waals surface area contributed by atoms with Gasteiger partial charge in [0.25, 0.3) is 5.69 Å². The Kier molecular flexibility index (Phi) is 4.55. The van der Waals surface area contributed by atoms with Crippen LogP contribution >= 0.6 is 0 Å². The molecule has 0 spiro atoms. The summed E-state index contributed by atoms with van der Waals surface area (Å²) in [4.78, 5) is 22.0. The molecule has 1 atom stereocenters. The summed E-state index contributed by atoms with van der Waals surface area (Å²) in [5.74, 6) is -1.52. The molecule has 6 nitrogen and oxygen atoms in total. The zero-order chi connectivity index (χ0) is 14.6. The summed E-state index contributed by atoms with van der Waals surface area (Å²) in [6.45, 7) is 3.35. The van der Waals surface area contributed by atoms with Gasteiger partial charge in [-0.2, -0.15) is 0 Å². The number of carbonyl (C=O) groups is 1. The smallest absolute Gasteiger partial charge is 0.295 e. The van der Waals surface area contributed by atoms with E-state index in [-0.39, 0.29) is 0 Å². The summed E-state index contributed by atoms with van der Waals surface area (Å²) in [6, 6.07) is 3.36. The van der Waals surface area contributed by atoms with Crippen LogP contribution in [0.15, 0.2) is 18.2 Å². The van der Waals surface area contributed by atoms with Crippen molar-refractivity contribution < 1.29 is 14.1 Å². The highest BCUT2D eigenvalue weighted by Gasteiger charge is 2.30. The SMILES string of the molecule is CCCC(C)(N)C(=O)Nc1c(F)cccc1[N+](=O)[O-]. The average molecular weight is 269 g/mol. The van der Waals surface area contributed by atoms with E-state index in [4.69, 9.17) is 5.73 Å². The second-order valence-corrected chi connectivity index (χ2v) is 4.51. The van der Waals surface area contributed by atoms with Crippen LogP contribution < -0.4 is 11.1 Å². The third-order valence-electron chi connectivity index (χ3n) is 2.71. The first-order valence-corrected chi connectivity index (χ1v) is 5.83. The maximum Gasteiger partial charge on any atom is 0.295 e. The Labute approximate surface area is 109 Å². The number of nitrogens with zero attached hydrogens (tertiary/aromatic N) is 1. The lowest BCUT2D eigenvalue weighted by molar-refractivity contribution is -0.384. The summed E-state index contributed by atoms with van der Waals surface area (Å²) in [5.41, 5.74) is 3.63. The predicted octanol–water partition coefficient (Wildman–Crippen LogP) is 2.19. The quantitative estimate of drug-likeness (QED) is 0.632. The molecule has 0 aliphatic heterocycles. The molecule has 0 fully saturated rings. The monoisotopic (exact) mass is 269 g/mol. The van der Waals surface area contributed by atoms with E-state index < -0.39 is 33.6 Å². The number of amides is 1. The van der Waals surface area contributed by atoms with E-state index in [0.717, 1.165) is 12.1 Å². The number of halogens is 1. The highest BCUT2D eigenvalue weighted by molar-refractivity contribution is 5.99. The molecular formula is C12H16FN3O3. The van der Waals surface area contributed by atoms with Crippen molar-refractivity contribution in [2.45, 2.75) is 32.2 Å². The second-order valence-electron chi connectivity index (χ2n) is 4.51. The van der Waals surface area contributed by atoms with Crippen LogP contribution in [0, 0.1) is 15.9 Å². The summed E-state index contributed by atoms with van der Waals surface area (Å²) in [5, 5.41) is 13.0. The summed E-state index contributed by atoms with van der Waals surface area (Å²) in [7, 11) is 0. The van der Waals surface area contributed by atoms with Gasteiger partial charge in [-0.15, -0.1) is 0 Å². The van der Waals surface area contributed by atoms with Crippen LogP contribution in [0.2, 0.25) is 0 Å². The molecule has 0 bridgehead atoms. The van der Waals surface area contributed by atoms with E-state index in [2.05, 4.69) is 5.32 Å². The first-order valence-electron chi connectivity index (χ1n) is 5.83. The Morgan fingerprint density at radius 2 is 2.21 bits per heavy atom. The van der Waals surface area contributed by atoms with E-state index in [0.29, 0.717) is 12.8 Å². The third-order valence-corrected chi connectivity index (χ3v) is 2.71. The molecule has 1 rings (SSSR count). The third kappa shape index (κ3) is 3.47. The van der Waals surface area contributed by atoms with Gasteiger partial charge in [-0.05, 0) is 19.4 Å². The summed E-state index contributed by atoms with van der Waals surface area (Å²) < 4.78 is 13.6. The summed E-state index contributed by atoms with van der Waals surface area (Å²) in [6.07, 6.45) is 1.06. The molecular weight excluding hydrogens is 253 g/mol. The fraction of sp³-hybridized carbons (Fsp3) is 0.417. The fourth-order valence-electron chi connectivity index (χ4n) is 1.68.